The Hall–Kier alpha value is -2.12. The van der Waals surface area contributed by atoms with Gasteiger partial charge in [0.15, 0.2) is 0 Å². The topological polar surface area (TPSA) is 52.9 Å². The van der Waals surface area contributed by atoms with Gasteiger partial charge in [-0.05, 0) is 42.0 Å². The van der Waals surface area contributed by atoms with Gasteiger partial charge in [0.05, 0.1) is 11.6 Å². The number of nitrogens with one attached hydrogen (secondary N) is 1. The zero-order valence-corrected chi connectivity index (χ0v) is 11.6. The number of rotatable bonds is 3. The van der Waals surface area contributed by atoms with Gasteiger partial charge >= 0.3 is 0 Å². The van der Waals surface area contributed by atoms with Crippen molar-refractivity contribution < 1.29 is 4.79 Å². The van der Waals surface area contributed by atoms with Gasteiger partial charge < -0.3 is 5.32 Å². The van der Waals surface area contributed by atoms with E-state index in [-0.39, 0.29) is 5.91 Å². The van der Waals surface area contributed by atoms with Crippen LogP contribution in [0.5, 0.6) is 0 Å². The second kappa shape index (κ2) is 6.17. The van der Waals surface area contributed by atoms with Crippen LogP contribution in [0.3, 0.4) is 0 Å². The third-order valence-electron chi connectivity index (χ3n) is 2.64. The van der Waals surface area contributed by atoms with Gasteiger partial charge in [0.1, 0.15) is 0 Å². The van der Waals surface area contributed by atoms with E-state index < -0.39 is 0 Å². The van der Waals surface area contributed by atoms with Crippen LogP contribution in [0.15, 0.2) is 53.0 Å². The van der Waals surface area contributed by atoms with Crippen molar-refractivity contribution in [2.45, 2.75) is 6.54 Å². The average molecular weight is 315 g/mol. The molecule has 0 bridgehead atoms. The first-order chi connectivity index (χ1) is 9.19. The summed E-state index contributed by atoms with van der Waals surface area (Å²) in [5.74, 6) is -0.146. The van der Waals surface area contributed by atoms with Crippen molar-refractivity contribution in [2.75, 3.05) is 0 Å². The molecule has 0 saturated heterocycles. The number of hydrogen-bond donors (Lipinski definition) is 1. The molecule has 1 N–H and O–H groups in total. The van der Waals surface area contributed by atoms with E-state index in [1.54, 1.807) is 24.3 Å². The molecule has 0 heterocycles. The predicted molar refractivity (Wildman–Crippen MR) is 76.5 cm³/mol. The normalized spacial score (nSPS) is 9.68. The van der Waals surface area contributed by atoms with Crippen LogP contribution in [0.4, 0.5) is 0 Å². The van der Waals surface area contributed by atoms with Crippen LogP contribution in [0.25, 0.3) is 0 Å². The molecule has 2 rings (SSSR count). The third-order valence-corrected chi connectivity index (χ3v) is 3.17. The molecule has 0 fully saturated rings. The number of amides is 1. The van der Waals surface area contributed by atoms with E-state index in [0.717, 1.165) is 10.0 Å². The first-order valence-corrected chi connectivity index (χ1v) is 6.51. The van der Waals surface area contributed by atoms with Gasteiger partial charge in [-0.3, -0.25) is 4.79 Å². The van der Waals surface area contributed by atoms with Crippen LogP contribution < -0.4 is 5.32 Å². The fourth-order valence-corrected chi connectivity index (χ4v) is 1.85. The lowest BCUT2D eigenvalue weighted by molar-refractivity contribution is 0.0951. The number of carbonyl (C=O) groups is 1. The Kier molecular flexibility index (Phi) is 4.32. The summed E-state index contributed by atoms with van der Waals surface area (Å²) in [4.78, 5) is 11.9. The molecule has 0 aliphatic rings. The van der Waals surface area contributed by atoms with Crippen molar-refractivity contribution in [3.05, 3.63) is 69.7 Å². The van der Waals surface area contributed by atoms with Crippen LogP contribution in [0, 0.1) is 11.3 Å². The second-order valence-corrected chi connectivity index (χ2v) is 4.91. The van der Waals surface area contributed by atoms with Gasteiger partial charge in [-0.1, -0.05) is 28.1 Å². The summed E-state index contributed by atoms with van der Waals surface area (Å²) in [5, 5.41) is 11.5. The Morgan fingerprint density at radius 1 is 1.11 bits per heavy atom. The van der Waals surface area contributed by atoms with E-state index in [0.29, 0.717) is 17.7 Å². The highest BCUT2D eigenvalue weighted by Crippen LogP contribution is 2.10. The molecule has 0 spiro atoms. The zero-order chi connectivity index (χ0) is 13.7. The summed E-state index contributed by atoms with van der Waals surface area (Å²) in [6.45, 7) is 0.478. The van der Waals surface area contributed by atoms with E-state index in [2.05, 4.69) is 21.2 Å². The van der Waals surface area contributed by atoms with Gasteiger partial charge in [0, 0.05) is 16.6 Å². The molecule has 0 aliphatic carbocycles. The molecule has 19 heavy (non-hydrogen) atoms. The van der Waals surface area contributed by atoms with E-state index in [1.807, 2.05) is 30.3 Å². The number of nitriles is 1. The first-order valence-electron chi connectivity index (χ1n) is 5.72. The first kappa shape index (κ1) is 13.3. The zero-order valence-electron chi connectivity index (χ0n) is 10.1. The monoisotopic (exact) mass is 314 g/mol. The third kappa shape index (κ3) is 3.67. The van der Waals surface area contributed by atoms with Crippen LogP contribution in [-0.2, 0) is 6.54 Å². The Bertz CT molecular complexity index is 612. The highest BCUT2D eigenvalue weighted by molar-refractivity contribution is 9.10. The lowest BCUT2D eigenvalue weighted by atomic mass is 10.1. The standard InChI is InChI=1S/C15H11BrN2O/c16-14-7-3-12(4-8-14)10-18-15(19)13-5-1-11(9-17)2-6-13/h1-8H,10H2,(H,18,19). The second-order valence-electron chi connectivity index (χ2n) is 4.00. The van der Waals surface area contributed by atoms with Crippen molar-refractivity contribution in [1.29, 1.82) is 5.26 Å². The molecule has 0 aromatic heterocycles. The van der Waals surface area contributed by atoms with Crippen molar-refractivity contribution in [3.63, 3.8) is 0 Å². The summed E-state index contributed by atoms with van der Waals surface area (Å²) in [5.41, 5.74) is 2.13. The predicted octanol–water partition coefficient (Wildman–Crippen LogP) is 3.25. The molecule has 0 aliphatic heterocycles. The summed E-state index contributed by atoms with van der Waals surface area (Å²) in [6.07, 6.45) is 0. The molecule has 0 saturated carbocycles. The average Bonchev–Trinajstić information content (AvgIpc) is 2.46. The number of halogens is 1. The number of carbonyl (C=O) groups excluding carboxylic acids is 1. The Labute approximate surface area is 120 Å². The largest absolute Gasteiger partial charge is 0.348 e. The fraction of sp³-hybridized carbons (Fsp3) is 0.0667. The molecular formula is C15H11BrN2O. The molecule has 0 unspecified atom stereocenters. The fourth-order valence-electron chi connectivity index (χ4n) is 1.58. The molecule has 4 heteroatoms. The smallest absolute Gasteiger partial charge is 0.251 e. The molecule has 0 atom stereocenters. The van der Waals surface area contributed by atoms with Crippen molar-refractivity contribution in [1.82, 2.24) is 5.32 Å². The van der Waals surface area contributed by atoms with Crippen molar-refractivity contribution in [3.8, 4) is 6.07 Å². The molecule has 3 nitrogen and oxygen atoms in total. The summed E-state index contributed by atoms with van der Waals surface area (Å²) >= 11 is 3.36. The Balaban J connectivity index is 1.97. The quantitative estimate of drug-likeness (QED) is 0.945. The molecule has 2 aromatic rings. The maximum absolute atomic E-state index is 11.9. The summed E-state index contributed by atoms with van der Waals surface area (Å²) in [7, 11) is 0. The van der Waals surface area contributed by atoms with Crippen LogP contribution >= 0.6 is 15.9 Å². The minimum Gasteiger partial charge on any atom is -0.348 e. The SMILES string of the molecule is N#Cc1ccc(C(=O)NCc2ccc(Br)cc2)cc1. The van der Waals surface area contributed by atoms with Crippen molar-refractivity contribution in [2.24, 2.45) is 0 Å². The lowest BCUT2D eigenvalue weighted by Gasteiger charge is -2.05. The minimum atomic E-state index is -0.146. The molecular weight excluding hydrogens is 304 g/mol. The van der Waals surface area contributed by atoms with E-state index >= 15 is 0 Å². The van der Waals surface area contributed by atoms with Crippen LogP contribution in [0.2, 0.25) is 0 Å². The maximum Gasteiger partial charge on any atom is 0.251 e. The highest BCUT2D eigenvalue weighted by atomic mass is 79.9. The molecule has 1 amide bonds. The maximum atomic E-state index is 11.9. The summed E-state index contributed by atoms with van der Waals surface area (Å²) in [6, 6.07) is 16.3. The van der Waals surface area contributed by atoms with Gasteiger partial charge in [-0.2, -0.15) is 5.26 Å². The number of benzene rings is 2. The van der Waals surface area contributed by atoms with Crippen LogP contribution in [0.1, 0.15) is 21.5 Å². The van der Waals surface area contributed by atoms with Gasteiger partial charge in [-0.15, -0.1) is 0 Å². The van der Waals surface area contributed by atoms with Crippen LogP contribution in [-0.4, -0.2) is 5.91 Å². The van der Waals surface area contributed by atoms with E-state index in [1.165, 1.54) is 0 Å². The van der Waals surface area contributed by atoms with E-state index in [9.17, 15) is 4.79 Å². The molecule has 0 radical (unpaired) electrons. The number of nitrogens with zero attached hydrogens (tertiary/aromatic N) is 1. The Morgan fingerprint density at radius 3 is 2.32 bits per heavy atom. The minimum absolute atomic E-state index is 0.146. The number of hydrogen-bond acceptors (Lipinski definition) is 2. The summed E-state index contributed by atoms with van der Waals surface area (Å²) < 4.78 is 1.01. The molecule has 2 aromatic carbocycles. The van der Waals surface area contributed by atoms with Crippen molar-refractivity contribution >= 4 is 21.8 Å². The van der Waals surface area contributed by atoms with Gasteiger partial charge in [0.25, 0.3) is 5.91 Å². The van der Waals surface area contributed by atoms with E-state index in [4.69, 9.17) is 5.26 Å². The van der Waals surface area contributed by atoms with Gasteiger partial charge in [0.2, 0.25) is 0 Å². The molecule has 94 valence electrons. The highest BCUT2D eigenvalue weighted by Gasteiger charge is 2.04. The lowest BCUT2D eigenvalue weighted by Crippen LogP contribution is -2.22. The Morgan fingerprint density at radius 2 is 1.74 bits per heavy atom. The van der Waals surface area contributed by atoms with Gasteiger partial charge in [-0.25, -0.2) is 0 Å².